The first-order valence-corrected chi connectivity index (χ1v) is 10.3. The maximum Gasteiger partial charge on any atom is 0.417 e. The van der Waals surface area contributed by atoms with Gasteiger partial charge in [0.2, 0.25) is 0 Å². The van der Waals surface area contributed by atoms with Gasteiger partial charge in [-0.1, -0.05) is 36.8 Å². The maximum atomic E-state index is 13.6. The first-order chi connectivity index (χ1) is 14.4. The third-order valence-corrected chi connectivity index (χ3v) is 6.42. The van der Waals surface area contributed by atoms with E-state index in [9.17, 15) is 18.0 Å². The van der Waals surface area contributed by atoms with Crippen LogP contribution in [0.2, 0.25) is 0 Å². The first-order valence-electron chi connectivity index (χ1n) is 10.3. The van der Waals surface area contributed by atoms with Gasteiger partial charge in [0.1, 0.15) is 0 Å². The van der Waals surface area contributed by atoms with E-state index in [2.05, 4.69) is 17.0 Å². The van der Waals surface area contributed by atoms with Crippen molar-refractivity contribution in [2.45, 2.75) is 56.9 Å². The van der Waals surface area contributed by atoms with Crippen molar-refractivity contribution in [3.05, 3.63) is 70.8 Å². The van der Waals surface area contributed by atoms with E-state index in [1.54, 1.807) is 6.07 Å². The van der Waals surface area contributed by atoms with Crippen LogP contribution in [0.4, 0.5) is 13.2 Å². The van der Waals surface area contributed by atoms with Gasteiger partial charge >= 0.3 is 6.18 Å². The molecule has 0 amide bonds. The lowest BCUT2D eigenvalue weighted by atomic mass is 9.75. The van der Waals surface area contributed by atoms with Crippen LogP contribution in [-0.4, -0.2) is 22.8 Å². The first kappa shape index (κ1) is 20.6. The predicted octanol–water partition coefficient (Wildman–Crippen LogP) is 5.59. The van der Waals surface area contributed by atoms with E-state index in [4.69, 9.17) is 5.26 Å². The number of hydrogen-bond donors (Lipinski definition) is 0. The molecule has 30 heavy (non-hydrogen) atoms. The summed E-state index contributed by atoms with van der Waals surface area (Å²) in [6.07, 6.45) is -0.480. The largest absolute Gasteiger partial charge is 0.417 e. The van der Waals surface area contributed by atoms with Crippen LogP contribution in [0.15, 0.2) is 48.5 Å². The Morgan fingerprint density at radius 3 is 2.33 bits per heavy atom. The standard InChI is InChI=1S/C24H23F3N2O/c25-24(26,27)22-11-17(14-28)9-10-21(22)23(30)18-12-19-7-4-8-20(13-18)29(19)15-16-5-2-1-3-6-16/h1-3,5-6,9-11,18-20H,4,7-8,12-13,15H2. The highest BCUT2D eigenvalue weighted by Crippen LogP contribution is 2.41. The number of benzene rings is 2. The van der Waals surface area contributed by atoms with E-state index in [1.165, 1.54) is 17.7 Å². The Hall–Kier alpha value is -2.65. The zero-order valence-electron chi connectivity index (χ0n) is 16.5. The molecule has 2 heterocycles. The fourth-order valence-corrected chi connectivity index (χ4v) is 5.03. The SMILES string of the molecule is N#Cc1ccc(C(=O)C2CC3CCCC(C2)N3Cc2ccccc2)c(C(F)(F)F)c1. The molecule has 3 nitrogen and oxygen atoms in total. The van der Waals surface area contributed by atoms with Crippen molar-refractivity contribution in [3.8, 4) is 6.07 Å². The van der Waals surface area contributed by atoms with E-state index in [1.807, 2.05) is 18.2 Å². The third kappa shape index (κ3) is 4.13. The molecule has 0 saturated carbocycles. The van der Waals surface area contributed by atoms with Crippen LogP contribution in [0.3, 0.4) is 0 Å². The lowest BCUT2D eigenvalue weighted by molar-refractivity contribution is -0.138. The molecule has 0 aromatic heterocycles. The molecule has 2 aromatic carbocycles. The van der Waals surface area contributed by atoms with E-state index in [-0.39, 0.29) is 23.2 Å². The zero-order chi connectivity index (χ0) is 21.3. The predicted molar refractivity (Wildman–Crippen MR) is 107 cm³/mol. The van der Waals surface area contributed by atoms with Gasteiger partial charge < -0.3 is 0 Å². The van der Waals surface area contributed by atoms with Gasteiger partial charge in [0.05, 0.1) is 17.2 Å². The van der Waals surface area contributed by atoms with Crippen molar-refractivity contribution in [1.29, 1.82) is 5.26 Å². The van der Waals surface area contributed by atoms with Crippen LogP contribution in [0.25, 0.3) is 0 Å². The minimum absolute atomic E-state index is 0.0894. The fraction of sp³-hybridized carbons (Fsp3) is 0.417. The number of rotatable bonds is 4. The van der Waals surface area contributed by atoms with Crippen molar-refractivity contribution in [1.82, 2.24) is 4.90 Å². The van der Waals surface area contributed by atoms with Crippen LogP contribution in [0.1, 0.15) is 59.2 Å². The van der Waals surface area contributed by atoms with E-state index >= 15 is 0 Å². The molecule has 0 aliphatic carbocycles. The summed E-state index contributed by atoms with van der Waals surface area (Å²) in [6.45, 7) is 0.807. The van der Waals surface area contributed by atoms with Gasteiger partial charge in [-0.2, -0.15) is 18.4 Å². The van der Waals surface area contributed by atoms with Crippen molar-refractivity contribution >= 4 is 5.78 Å². The normalized spacial score (nSPS) is 24.3. The molecule has 0 spiro atoms. The molecule has 156 valence electrons. The monoisotopic (exact) mass is 412 g/mol. The summed E-state index contributed by atoms with van der Waals surface area (Å²) in [5.74, 6) is -0.857. The van der Waals surface area contributed by atoms with Gasteiger partial charge in [0.25, 0.3) is 0 Å². The van der Waals surface area contributed by atoms with E-state index < -0.39 is 23.4 Å². The molecule has 0 N–H and O–H groups in total. The smallest absolute Gasteiger partial charge is 0.294 e. The molecule has 2 saturated heterocycles. The molecule has 4 rings (SSSR count). The summed E-state index contributed by atoms with van der Waals surface area (Å²) in [6, 6.07) is 15.6. The molecule has 6 heteroatoms. The molecule has 2 bridgehead atoms. The number of piperidine rings is 2. The van der Waals surface area contributed by atoms with Gasteiger partial charge in [0, 0.05) is 30.1 Å². The van der Waals surface area contributed by atoms with Gasteiger partial charge in [-0.15, -0.1) is 0 Å². The number of fused-ring (bicyclic) bond motifs is 2. The number of hydrogen-bond acceptors (Lipinski definition) is 3. The summed E-state index contributed by atoms with van der Waals surface area (Å²) in [4.78, 5) is 15.6. The second-order valence-corrected chi connectivity index (χ2v) is 8.30. The van der Waals surface area contributed by atoms with Crippen molar-refractivity contribution in [3.63, 3.8) is 0 Å². The number of carbonyl (C=O) groups excluding carboxylic acids is 1. The van der Waals surface area contributed by atoms with Crippen molar-refractivity contribution < 1.29 is 18.0 Å². The molecule has 2 aliphatic rings. The number of ketones is 1. The highest BCUT2D eigenvalue weighted by molar-refractivity contribution is 5.99. The van der Waals surface area contributed by atoms with Gasteiger partial charge in [-0.3, -0.25) is 9.69 Å². The van der Waals surface area contributed by atoms with Crippen LogP contribution < -0.4 is 0 Å². The lowest BCUT2D eigenvalue weighted by Crippen LogP contribution is -2.52. The maximum absolute atomic E-state index is 13.6. The van der Waals surface area contributed by atoms with E-state index in [0.717, 1.165) is 31.9 Å². The Morgan fingerprint density at radius 2 is 1.73 bits per heavy atom. The highest BCUT2D eigenvalue weighted by Gasteiger charge is 2.43. The van der Waals surface area contributed by atoms with Crippen molar-refractivity contribution in [2.75, 3.05) is 0 Å². The molecular weight excluding hydrogens is 389 g/mol. The van der Waals surface area contributed by atoms with Gasteiger partial charge in [-0.05, 0) is 49.4 Å². The summed E-state index contributed by atoms with van der Waals surface area (Å²) in [5, 5.41) is 8.96. The summed E-state index contributed by atoms with van der Waals surface area (Å²) in [7, 11) is 0. The quantitative estimate of drug-likeness (QED) is 0.615. The van der Waals surface area contributed by atoms with Gasteiger partial charge in [0.15, 0.2) is 5.78 Å². The van der Waals surface area contributed by atoms with Gasteiger partial charge in [-0.25, -0.2) is 0 Å². The summed E-state index contributed by atoms with van der Waals surface area (Å²) in [5.41, 5.74) is -0.177. The molecular formula is C24H23F3N2O. The fourth-order valence-electron chi connectivity index (χ4n) is 5.03. The minimum Gasteiger partial charge on any atom is -0.294 e. The zero-order valence-corrected chi connectivity index (χ0v) is 16.5. The summed E-state index contributed by atoms with van der Waals surface area (Å²) < 4.78 is 40.7. The average Bonchev–Trinajstić information content (AvgIpc) is 2.72. The Morgan fingerprint density at radius 1 is 1.07 bits per heavy atom. The number of nitrogens with zero attached hydrogens (tertiary/aromatic N) is 2. The number of halogens is 3. The topological polar surface area (TPSA) is 44.1 Å². The second-order valence-electron chi connectivity index (χ2n) is 8.30. The van der Waals surface area contributed by atoms with Crippen LogP contribution in [-0.2, 0) is 12.7 Å². The Kier molecular flexibility index (Phi) is 5.66. The highest BCUT2D eigenvalue weighted by atomic mass is 19.4. The van der Waals surface area contributed by atoms with Crippen LogP contribution >= 0.6 is 0 Å². The number of carbonyl (C=O) groups is 1. The lowest BCUT2D eigenvalue weighted by Gasteiger charge is -2.48. The molecule has 0 radical (unpaired) electrons. The molecule has 2 aliphatic heterocycles. The molecule has 2 fully saturated rings. The van der Waals surface area contributed by atoms with Crippen molar-refractivity contribution in [2.24, 2.45) is 5.92 Å². The second kappa shape index (κ2) is 8.23. The average molecular weight is 412 g/mol. The third-order valence-electron chi connectivity index (χ3n) is 6.42. The Labute approximate surface area is 174 Å². The van der Waals surface area contributed by atoms with E-state index in [0.29, 0.717) is 12.8 Å². The number of alkyl halides is 3. The number of nitriles is 1. The van der Waals surface area contributed by atoms with Crippen LogP contribution in [0.5, 0.6) is 0 Å². The number of Topliss-reactive ketones (excluding diaryl/α,β-unsaturated/α-hetero) is 1. The van der Waals surface area contributed by atoms with Crippen LogP contribution in [0, 0.1) is 17.2 Å². The summed E-state index contributed by atoms with van der Waals surface area (Å²) >= 11 is 0. The molecule has 2 atom stereocenters. The molecule has 2 unspecified atom stereocenters. The minimum atomic E-state index is -4.66. The Balaban J connectivity index is 1.57. The Bertz CT molecular complexity index is 951. The molecule has 2 aromatic rings.